The molecule has 1 unspecified atom stereocenters. The van der Waals surface area contributed by atoms with Gasteiger partial charge in [-0.25, -0.2) is 0 Å². The molecule has 0 radical (unpaired) electrons. The molecule has 0 bridgehead atoms. The molecule has 1 rings (SSSR count). The summed E-state index contributed by atoms with van der Waals surface area (Å²) in [4.78, 5) is 14.3. The number of hydrogen-bond donors (Lipinski definition) is 1. The second-order valence-corrected chi connectivity index (χ2v) is 6.94. The molecule has 1 atom stereocenters. The van der Waals surface area contributed by atoms with Crippen molar-refractivity contribution in [1.29, 1.82) is 0 Å². The number of nitrogens with zero attached hydrogens (tertiary/aromatic N) is 1. The van der Waals surface area contributed by atoms with Gasteiger partial charge in [-0.1, -0.05) is 26.2 Å². The Morgan fingerprint density at radius 3 is 2.70 bits per heavy atom. The highest BCUT2D eigenvalue weighted by molar-refractivity contribution is 7.99. The third kappa shape index (κ3) is 8.38. The van der Waals surface area contributed by atoms with Crippen molar-refractivity contribution in [2.45, 2.75) is 63.5 Å². The molecule has 2 N–H and O–H groups in total. The van der Waals surface area contributed by atoms with Crippen LogP contribution in [-0.2, 0) is 4.79 Å². The van der Waals surface area contributed by atoms with Crippen LogP contribution >= 0.6 is 24.2 Å². The minimum atomic E-state index is 0. The van der Waals surface area contributed by atoms with E-state index in [9.17, 15) is 4.79 Å². The molecule has 0 aromatic carbocycles. The minimum absolute atomic E-state index is 0. The first kappa shape index (κ1) is 20.1. The molecule has 120 valence electrons. The van der Waals surface area contributed by atoms with Crippen molar-refractivity contribution >= 4 is 30.1 Å². The molecular weight excluding hydrogens is 292 g/mol. The molecule has 0 aromatic heterocycles. The number of rotatable bonds is 8. The first-order chi connectivity index (χ1) is 9.27. The average molecular weight is 323 g/mol. The Kier molecular flexibility index (Phi) is 12.8. The lowest BCUT2D eigenvalue weighted by Gasteiger charge is -2.24. The normalized spacial score (nSPS) is 19.3. The van der Waals surface area contributed by atoms with Crippen molar-refractivity contribution in [2.75, 3.05) is 25.4 Å². The van der Waals surface area contributed by atoms with Crippen molar-refractivity contribution in [1.82, 2.24) is 4.90 Å². The molecule has 5 heteroatoms. The van der Waals surface area contributed by atoms with E-state index in [1.54, 1.807) is 0 Å². The van der Waals surface area contributed by atoms with E-state index in [1.165, 1.54) is 19.3 Å². The summed E-state index contributed by atoms with van der Waals surface area (Å²) in [5.74, 6) is 1.53. The van der Waals surface area contributed by atoms with Crippen LogP contribution in [-0.4, -0.2) is 41.4 Å². The van der Waals surface area contributed by atoms with Gasteiger partial charge in [0.25, 0.3) is 0 Å². The summed E-state index contributed by atoms with van der Waals surface area (Å²) < 4.78 is 0. The smallest absolute Gasteiger partial charge is 0.222 e. The lowest BCUT2D eigenvalue weighted by atomic mass is 10.1. The summed E-state index contributed by atoms with van der Waals surface area (Å²) in [7, 11) is 0. The van der Waals surface area contributed by atoms with E-state index in [0.717, 1.165) is 57.5 Å². The molecule has 1 fully saturated rings. The van der Waals surface area contributed by atoms with Crippen molar-refractivity contribution in [3.05, 3.63) is 0 Å². The van der Waals surface area contributed by atoms with Crippen molar-refractivity contribution < 1.29 is 4.79 Å². The molecule has 0 saturated carbocycles. The van der Waals surface area contributed by atoms with Crippen LogP contribution in [0.5, 0.6) is 0 Å². The summed E-state index contributed by atoms with van der Waals surface area (Å²) in [6.45, 7) is 4.93. The minimum Gasteiger partial charge on any atom is -0.342 e. The first-order valence-electron chi connectivity index (χ1n) is 7.87. The zero-order chi connectivity index (χ0) is 13.9. The van der Waals surface area contributed by atoms with Crippen LogP contribution in [0, 0.1) is 0 Å². The van der Waals surface area contributed by atoms with Gasteiger partial charge < -0.3 is 10.6 Å². The molecule has 3 nitrogen and oxygen atoms in total. The highest BCUT2D eigenvalue weighted by Gasteiger charge is 2.21. The fourth-order valence-corrected chi connectivity index (χ4v) is 3.72. The van der Waals surface area contributed by atoms with Crippen LogP contribution in [0.2, 0.25) is 0 Å². The quantitative estimate of drug-likeness (QED) is 0.696. The number of halogens is 1. The Bertz CT molecular complexity index is 254. The van der Waals surface area contributed by atoms with Crippen LogP contribution in [0.15, 0.2) is 0 Å². The molecule has 0 spiro atoms. The summed E-state index contributed by atoms with van der Waals surface area (Å²) in [5.41, 5.74) is 5.47. The molecular formula is C15H31ClN2OS. The Balaban J connectivity index is 0.00000361. The number of likely N-dealkylation sites (tertiary alicyclic amines) is 1. The van der Waals surface area contributed by atoms with E-state index < -0.39 is 0 Å². The van der Waals surface area contributed by atoms with E-state index in [2.05, 4.69) is 11.8 Å². The molecule has 1 saturated heterocycles. The maximum absolute atomic E-state index is 12.2. The monoisotopic (exact) mass is 322 g/mol. The number of nitrogens with two attached hydrogens (primary N) is 1. The number of amides is 1. The van der Waals surface area contributed by atoms with Gasteiger partial charge in [0.05, 0.1) is 0 Å². The second kappa shape index (κ2) is 12.8. The predicted octanol–water partition coefficient (Wildman–Crippen LogP) is 3.45. The van der Waals surface area contributed by atoms with E-state index in [1.807, 2.05) is 11.8 Å². The van der Waals surface area contributed by atoms with Gasteiger partial charge in [-0.3, -0.25) is 4.79 Å². The number of thioether (sulfide) groups is 1. The van der Waals surface area contributed by atoms with Crippen molar-refractivity contribution in [3.8, 4) is 0 Å². The highest BCUT2D eigenvalue weighted by Crippen LogP contribution is 2.22. The number of carbonyl (C=O) groups excluding carboxylic acids is 1. The average Bonchev–Trinajstić information content (AvgIpc) is 2.64. The molecule has 0 aromatic rings. The molecule has 1 aliphatic heterocycles. The van der Waals surface area contributed by atoms with Gasteiger partial charge in [0.2, 0.25) is 5.91 Å². The van der Waals surface area contributed by atoms with Crippen LogP contribution in [0.3, 0.4) is 0 Å². The van der Waals surface area contributed by atoms with Gasteiger partial charge in [-0.2, -0.15) is 11.8 Å². The van der Waals surface area contributed by atoms with Gasteiger partial charge in [0.15, 0.2) is 0 Å². The first-order valence-corrected chi connectivity index (χ1v) is 8.92. The summed E-state index contributed by atoms with van der Waals surface area (Å²) in [6, 6.07) is 0. The maximum Gasteiger partial charge on any atom is 0.222 e. The number of unbranched alkanes of at least 4 members (excludes halogenated alkanes) is 3. The van der Waals surface area contributed by atoms with Gasteiger partial charge in [-0.15, -0.1) is 12.4 Å². The van der Waals surface area contributed by atoms with Gasteiger partial charge in [0.1, 0.15) is 0 Å². The zero-order valence-electron chi connectivity index (χ0n) is 12.8. The van der Waals surface area contributed by atoms with E-state index in [4.69, 9.17) is 5.73 Å². The number of hydrogen-bond acceptors (Lipinski definition) is 3. The Morgan fingerprint density at radius 1 is 1.25 bits per heavy atom. The van der Waals surface area contributed by atoms with E-state index >= 15 is 0 Å². The Labute approximate surface area is 134 Å². The number of carbonyl (C=O) groups is 1. The lowest BCUT2D eigenvalue weighted by molar-refractivity contribution is -0.131. The third-order valence-electron chi connectivity index (χ3n) is 3.73. The Hall–Kier alpha value is 0.0700. The maximum atomic E-state index is 12.2. The van der Waals surface area contributed by atoms with Crippen molar-refractivity contribution in [2.24, 2.45) is 5.73 Å². The molecule has 1 aliphatic rings. The molecule has 1 amide bonds. The van der Waals surface area contributed by atoms with Crippen LogP contribution in [0.1, 0.15) is 58.3 Å². The summed E-state index contributed by atoms with van der Waals surface area (Å²) in [5, 5.41) is 0.661. The molecule has 1 heterocycles. The van der Waals surface area contributed by atoms with Crippen LogP contribution in [0.25, 0.3) is 0 Å². The fourth-order valence-electron chi connectivity index (χ4n) is 2.63. The molecule has 20 heavy (non-hydrogen) atoms. The SMILES string of the molecule is CCSC1CCCCN(C(=O)CCCCCCN)C1.Cl. The standard InChI is InChI=1S/C15H30N2OS.ClH/c1-2-19-14-9-6-8-12-17(13-14)15(18)10-5-3-4-7-11-16;/h14H,2-13,16H2,1H3;1H. The lowest BCUT2D eigenvalue weighted by Crippen LogP contribution is -2.35. The summed E-state index contributed by atoms with van der Waals surface area (Å²) in [6.07, 6.45) is 8.89. The van der Waals surface area contributed by atoms with Crippen molar-refractivity contribution in [3.63, 3.8) is 0 Å². The predicted molar refractivity (Wildman–Crippen MR) is 91.7 cm³/mol. The second-order valence-electron chi connectivity index (χ2n) is 5.37. The fraction of sp³-hybridized carbons (Fsp3) is 0.933. The molecule has 0 aliphatic carbocycles. The van der Waals surface area contributed by atoms with Gasteiger partial charge in [0, 0.05) is 24.8 Å². The van der Waals surface area contributed by atoms with E-state index in [0.29, 0.717) is 11.2 Å². The largest absolute Gasteiger partial charge is 0.342 e. The van der Waals surface area contributed by atoms with Crippen LogP contribution < -0.4 is 5.73 Å². The van der Waals surface area contributed by atoms with Crippen LogP contribution in [0.4, 0.5) is 0 Å². The van der Waals surface area contributed by atoms with Gasteiger partial charge in [-0.05, 0) is 38.0 Å². The Morgan fingerprint density at radius 2 is 2.00 bits per heavy atom. The highest BCUT2D eigenvalue weighted by atomic mass is 35.5. The van der Waals surface area contributed by atoms with E-state index in [-0.39, 0.29) is 12.4 Å². The summed E-state index contributed by atoms with van der Waals surface area (Å²) >= 11 is 2.01. The zero-order valence-corrected chi connectivity index (χ0v) is 14.4. The van der Waals surface area contributed by atoms with Gasteiger partial charge >= 0.3 is 0 Å². The third-order valence-corrected chi connectivity index (χ3v) is 4.92. The topological polar surface area (TPSA) is 46.3 Å².